The van der Waals surface area contributed by atoms with Crippen LogP contribution < -0.4 is 0 Å². The van der Waals surface area contributed by atoms with Crippen molar-refractivity contribution in [3.8, 4) is 0 Å². The Hall–Kier alpha value is -0.350. The van der Waals surface area contributed by atoms with Gasteiger partial charge < -0.3 is 10.2 Å². The molecule has 0 heterocycles. The lowest BCUT2D eigenvalue weighted by molar-refractivity contribution is 0.0327. The molecular weight excluding hydrogens is 242 g/mol. The SMILES string of the molecule is Cc1c(F)ccc(C(O)C(O)CCl)c1Cl. The Morgan fingerprint density at radius 3 is 2.53 bits per heavy atom. The van der Waals surface area contributed by atoms with Gasteiger partial charge in [-0.05, 0) is 13.0 Å². The van der Waals surface area contributed by atoms with Crippen molar-refractivity contribution in [1.29, 1.82) is 0 Å². The predicted molar refractivity (Wildman–Crippen MR) is 57.8 cm³/mol. The maximum atomic E-state index is 13.1. The smallest absolute Gasteiger partial charge is 0.127 e. The van der Waals surface area contributed by atoms with Crippen LogP contribution in [0.2, 0.25) is 5.02 Å². The van der Waals surface area contributed by atoms with Crippen molar-refractivity contribution in [1.82, 2.24) is 0 Å². The van der Waals surface area contributed by atoms with Crippen LogP contribution in [0, 0.1) is 12.7 Å². The zero-order valence-corrected chi connectivity index (χ0v) is 9.56. The molecule has 1 aromatic rings. The lowest BCUT2D eigenvalue weighted by Gasteiger charge is -2.18. The highest BCUT2D eigenvalue weighted by molar-refractivity contribution is 6.32. The lowest BCUT2D eigenvalue weighted by Crippen LogP contribution is -2.20. The number of alkyl halides is 1. The molecule has 2 unspecified atom stereocenters. The summed E-state index contributed by atoms with van der Waals surface area (Å²) in [4.78, 5) is 0. The van der Waals surface area contributed by atoms with Crippen LogP contribution >= 0.6 is 23.2 Å². The minimum Gasteiger partial charge on any atom is -0.389 e. The van der Waals surface area contributed by atoms with Gasteiger partial charge in [-0.1, -0.05) is 17.7 Å². The minimum absolute atomic E-state index is 0.117. The van der Waals surface area contributed by atoms with E-state index in [1.165, 1.54) is 19.1 Å². The van der Waals surface area contributed by atoms with Crippen LogP contribution in [-0.2, 0) is 0 Å². The molecule has 0 saturated carbocycles. The second-order valence-electron chi connectivity index (χ2n) is 3.24. The van der Waals surface area contributed by atoms with Crippen LogP contribution in [-0.4, -0.2) is 22.2 Å². The Kier molecular flexibility index (Phi) is 4.34. The second kappa shape index (κ2) is 5.12. The summed E-state index contributed by atoms with van der Waals surface area (Å²) in [6, 6.07) is 2.53. The van der Waals surface area contributed by atoms with Gasteiger partial charge >= 0.3 is 0 Å². The molecule has 2 N–H and O–H groups in total. The second-order valence-corrected chi connectivity index (χ2v) is 3.93. The largest absolute Gasteiger partial charge is 0.389 e. The van der Waals surface area contributed by atoms with Crippen LogP contribution in [0.5, 0.6) is 0 Å². The van der Waals surface area contributed by atoms with Crippen LogP contribution in [0.15, 0.2) is 12.1 Å². The van der Waals surface area contributed by atoms with Crippen molar-refractivity contribution in [2.24, 2.45) is 0 Å². The lowest BCUT2D eigenvalue weighted by atomic mass is 10.0. The zero-order valence-electron chi connectivity index (χ0n) is 8.04. The molecule has 5 heteroatoms. The zero-order chi connectivity index (χ0) is 11.6. The van der Waals surface area contributed by atoms with E-state index >= 15 is 0 Å². The van der Waals surface area contributed by atoms with E-state index in [4.69, 9.17) is 23.2 Å². The molecule has 0 fully saturated rings. The van der Waals surface area contributed by atoms with E-state index < -0.39 is 18.0 Å². The third-order valence-corrected chi connectivity index (χ3v) is 3.01. The minimum atomic E-state index is -1.20. The molecule has 1 aromatic carbocycles. The quantitative estimate of drug-likeness (QED) is 0.812. The topological polar surface area (TPSA) is 40.5 Å². The standard InChI is InChI=1S/C10H11Cl2FO2/c1-5-7(13)3-2-6(9(5)12)10(15)8(14)4-11/h2-3,8,10,14-15H,4H2,1H3. The Morgan fingerprint density at radius 2 is 2.00 bits per heavy atom. The van der Waals surface area contributed by atoms with Crippen molar-refractivity contribution in [3.05, 3.63) is 34.1 Å². The monoisotopic (exact) mass is 252 g/mol. The molecule has 2 nitrogen and oxygen atoms in total. The maximum absolute atomic E-state index is 13.1. The van der Waals surface area contributed by atoms with Crippen LogP contribution in [0.4, 0.5) is 4.39 Å². The molecule has 0 aromatic heterocycles. The Labute approximate surface area is 97.3 Å². The number of halogens is 3. The van der Waals surface area contributed by atoms with E-state index in [0.29, 0.717) is 0 Å². The highest BCUT2D eigenvalue weighted by Gasteiger charge is 2.21. The van der Waals surface area contributed by atoms with Crippen molar-refractivity contribution >= 4 is 23.2 Å². The van der Waals surface area contributed by atoms with Gasteiger partial charge in [-0.25, -0.2) is 4.39 Å². The number of rotatable bonds is 3. The third-order valence-electron chi connectivity index (χ3n) is 2.19. The number of aliphatic hydroxyl groups excluding tert-OH is 2. The van der Waals surface area contributed by atoms with Gasteiger partial charge in [0, 0.05) is 11.1 Å². The molecular formula is C10H11Cl2FO2. The van der Waals surface area contributed by atoms with Gasteiger partial charge in [0.2, 0.25) is 0 Å². The summed E-state index contributed by atoms with van der Waals surface area (Å²) < 4.78 is 13.1. The first kappa shape index (κ1) is 12.7. The van der Waals surface area contributed by atoms with E-state index in [9.17, 15) is 14.6 Å². The molecule has 0 radical (unpaired) electrons. The van der Waals surface area contributed by atoms with Crippen molar-refractivity contribution in [3.63, 3.8) is 0 Å². The van der Waals surface area contributed by atoms with Gasteiger partial charge in [0.05, 0.1) is 17.0 Å². The molecule has 1 rings (SSSR count). The summed E-state index contributed by atoms with van der Waals surface area (Å²) in [7, 11) is 0. The third kappa shape index (κ3) is 2.61. The van der Waals surface area contributed by atoms with Gasteiger partial charge in [-0.2, -0.15) is 0 Å². The molecule has 2 atom stereocenters. The molecule has 0 aliphatic heterocycles. The molecule has 84 valence electrons. The van der Waals surface area contributed by atoms with Crippen molar-refractivity contribution in [2.75, 3.05) is 5.88 Å². The van der Waals surface area contributed by atoms with Crippen molar-refractivity contribution < 1.29 is 14.6 Å². The van der Waals surface area contributed by atoms with Gasteiger partial charge in [-0.15, -0.1) is 11.6 Å². The molecule has 0 bridgehead atoms. The van der Waals surface area contributed by atoms with Gasteiger partial charge in [-0.3, -0.25) is 0 Å². The Morgan fingerprint density at radius 1 is 1.40 bits per heavy atom. The fraction of sp³-hybridized carbons (Fsp3) is 0.400. The first-order valence-corrected chi connectivity index (χ1v) is 5.27. The van der Waals surface area contributed by atoms with E-state index in [2.05, 4.69) is 0 Å². The molecule has 0 saturated heterocycles. The first-order valence-electron chi connectivity index (χ1n) is 4.35. The van der Waals surface area contributed by atoms with Gasteiger partial charge in [0.15, 0.2) is 0 Å². The Bertz CT molecular complexity index is 358. The highest BCUT2D eigenvalue weighted by Crippen LogP contribution is 2.29. The highest BCUT2D eigenvalue weighted by atomic mass is 35.5. The van der Waals surface area contributed by atoms with Crippen LogP contribution in [0.1, 0.15) is 17.2 Å². The summed E-state index contributed by atoms with van der Waals surface area (Å²) in [6.45, 7) is 1.50. The summed E-state index contributed by atoms with van der Waals surface area (Å²) >= 11 is 11.2. The number of aliphatic hydroxyl groups is 2. The summed E-state index contributed by atoms with van der Waals surface area (Å²) in [5, 5.41) is 19.1. The summed E-state index contributed by atoms with van der Waals surface area (Å²) in [5.41, 5.74) is 0.527. The summed E-state index contributed by atoms with van der Waals surface area (Å²) in [6.07, 6.45) is -2.32. The van der Waals surface area contributed by atoms with E-state index in [0.717, 1.165) is 0 Å². The molecule has 0 aliphatic rings. The molecule has 0 amide bonds. The average Bonchev–Trinajstić information content (AvgIpc) is 2.24. The van der Waals surface area contributed by atoms with E-state index in [-0.39, 0.29) is 22.0 Å². The average molecular weight is 253 g/mol. The number of hydrogen-bond acceptors (Lipinski definition) is 2. The number of hydrogen-bond donors (Lipinski definition) is 2. The van der Waals surface area contributed by atoms with Crippen LogP contribution in [0.3, 0.4) is 0 Å². The summed E-state index contributed by atoms with van der Waals surface area (Å²) in [5.74, 6) is -0.565. The van der Waals surface area contributed by atoms with Crippen molar-refractivity contribution in [2.45, 2.75) is 19.1 Å². The van der Waals surface area contributed by atoms with Gasteiger partial charge in [0.1, 0.15) is 11.9 Å². The number of benzene rings is 1. The van der Waals surface area contributed by atoms with E-state index in [1.807, 2.05) is 0 Å². The predicted octanol–water partition coefficient (Wildman–Crippen LogP) is 2.42. The molecule has 0 spiro atoms. The van der Waals surface area contributed by atoms with Crippen LogP contribution in [0.25, 0.3) is 0 Å². The van der Waals surface area contributed by atoms with Gasteiger partial charge in [0.25, 0.3) is 0 Å². The first-order chi connectivity index (χ1) is 6.99. The molecule has 15 heavy (non-hydrogen) atoms. The fourth-order valence-corrected chi connectivity index (χ4v) is 1.64. The fourth-order valence-electron chi connectivity index (χ4n) is 1.20. The normalized spacial score (nSPS) is 15.1. The van der Waals surface area contributed by atoms with E-state index in [1.54, 1.807) is 0 Å². The maximum Gasteiger partial charge on any atom is 0.127 e. The molecule has 0 aliphatic carbocycles. The Balaban J connectivity index is 3.10.